The summed E-state index contributed by atoms with van der Waals surface area (Å²) >= 11 is 7.61. The number of carbonyl (C=O) groups is 2. The van der Waals surface area contributed by atoms with E-state index in [1.54, 1.807) is 0 Å². The molecule has 1 saturated carbocycles. The molecule has 2 aromatic carbocycles. The number of nitrogens with zero attached hydrogens (tertiary/aromatic N) is 2. The second-order valence-electron chi connectivity index (χ2n) is 7.28. The summed E-state index contributed by atoms with van der Waals surface area (Å²) in [7, 11) is 0. The molecule has 0 N–H and O–H groups in total. The van der Waals surface area contributed by atoms with Crippen molar-refractivity contribution in [2.24, 2.45) is 5.92 Å². The highest BCUT2D eigenvalue weighted by Gasteiger charge is 2.46. The Morgan fingerprint density at radius 3 is 2.29 bits per heavy atom. The zero-order chi connectivity index (χ0) is 19.5. The Bertz CT molecular complexity index is 853. The highest BCUT2D eigenvalue weighted by molar-refractivity contribution is 8.00. The Balaban J connectivity index is 1.24. The van der Waals surface area contributed by atoms with Gasteiger partial charge in [-0.05, 0) is 30.0 Å². The van der Waals surface area contributed by atoms with Crippen molar-refractivity contribution >= 4 is 35.2 Å². The van der Waals surface area contributed by atoms with Gasteiger partial charge in [-0.1, -0.05) is 54.1 Å². The lowest BCUT2D eigenvalue weighted by Crippen LogP contribution is -2.51. The van der Waals surface area contributed by atoms with E-state index in [0.717, 1.165) is 11.3 Å². The Kier molecular flexibility index (Phi) is 5.93. The largest absolute Gasteiger partial charge is 0.339 e. The molecule has 1 saturated heterocycles. The van der Waals surface area contributed by atoms with Crippen molar-refractivity contribution in [2.45, 2.75) is 17.2 Å². The monoisotopic (exact) mass is 414 g/mol. The van der Waals surface area contributed by atoms with Crippen molar-refractivity contribution in [1.82, 2.24) is 9.80 Å². The first kappa shape index (κ1) is 19.3. The van der Waals surface area contributed by atoms with Crippen LogP contribution in [-0.4, -0.2) is 53.5 Å². The third-order valence-electron chi connectivity index (χ3n) is 5.47. The maximum atomic E-state index is 12.8. The fourth-order valence-corrected chi connectivity index (χ4v) is 4.88. The van der Waals surface area contributed by atoms with E-state index in [1.165, 1.54) is 17.3 Å². The normalized spacial score (nSPS) is 21.5. The maximum absolute atomic E-state index is 12.8. The molecule has 4 rings (SSSR count). The Hall–Kier alpha value is -1.98. The van der Waals surface area contributed by atoms with Gasteiger partial charge in [0.05, 0.1) is 10.8 Å². The molecule has 2 aliphatic rings. The summed E-state index contributed by atoms with van der Waals surface area (Å²) in [5.74, 6) is 1.19. The molecule has 2 aromatic rings. The third kappa shape index (κ3) is 4.36. The molecule has 6 heteroatoms. The summed E-state index contributed by atoms with van der Waals surface area (Å²) in [6, 6.07) is 17.8. The van der Waals surface area contributed by atoms with E-state index >= 15 is 0 Å². The number of rotatable bonds is 5. The van der Waals surface area contributed by atoms with E-state index in [1.807, 2.05) is 52.3 Å². The predicted molar refractivity (Wildman–Crippen MR) is 113 cm³/mol. The lowest BCUT2D eigenvalue weighted by Gasteiger charge is -2.35. The Labute approximate surface area is 174 Å². The average molecular weight is 415 g/mol. The van der Waals surface area contributed by atoms with Gasteiger partial charge in [-0.3, -0.25) is 9.59 Å². The molecule has 0 aromatic heterocycles. The molecular formula is C22H23ClN2O2S. The van der Waals surface area contributed by atoms with Gasteiger partial charge < -0.3 is 9.80 Å². The van der Waals surface area contributed by atoms with Crippen molar-refractivity contribution < 1.29 is 9.59 Å². The van der Waals surface area contributed by atoms with Gasteiger partial charge >= 0.3 is 0 Å². The van der Waals surface area contributed by atoms with Crippen LogP contribution in [0.5, 0.6) is 0 Å². The van der Waals surface area contributed by atoms with Crippen LogP contribution in [0.1, 0.15) is 17.9 Å². The van der Waals surface area contributed by atoms with Crippen molar-refractivity contribution in [2.75, 3.05) is 31.9 Å². The number of hydrogen-bond donors (Lipinski definition) is 0. The molecule has 1 aliphatic carbocycles. The summed E-state index contributed by atoms with van der Waals surface area (Å²) in [5, 5.41) is 0.674. The second-order valence-corrected chi connectivity index (χ2v) is 8.71. The summed E-state index contributed by atoms with van der Waals surface area (Å²) in [6.45, 7) is 2.46. The first-order chi connectivity index (χ1) is 13.6. The van der Waals surface area contributed by atoms with Crippen LogP contribution in [-0.2, 0) is 9.59 Å². The lowest BCUT2D eigenvalue weighted by molar-refractivity contribution is -0.139. The van der Waals surface area contributed by atoms with E-state index in [9.17, 15) is 9.59 Å². The van der Waals surface area contributed by atoms with Gasteiger partial charge in [-0.2, -0.15) is 0 Å². The van der Waals surface area contributed by atoms with Gasteiger partial charge in [-0.25, -0.2) is 0 Å². The van der Waals surface area contributed by atoms with Crippen LogP contribution in [0.25, 0.3) is 0 Å². The molecule has 0 spiro atoms. The molecule has 0 unspecified atom stereocenters. The fourth-order valence-electron chi connectivity index (χ4n) is 3.74. The van der Waals surface area contributed by atoms with E-state index in [4.69, 9.17) is 11.6 Å². The van der Waals surface area contributed by atoms with Gasteiger partial charge in [0.1, 0.15) is 0 Å². The molecule has 2 atom stereocenters. The predicted octanol–water partition coefficient (Wildman–Crippen LogP) is 3.91. The highest BCUT2D eigenvalue weighted by Crippen LogP contribution is 2.48. The molecule has 0 bridgehead atoms. The van der Waals surface area contributed by atoms with E-state index in [2.05, 4.69) is 12.1 Å². The molecule has 2 amide bonds. The minimum absolute atomic E-state index is 0.102. The summed E-state index contributed by atoms with van der Waals surface area (Å²) in [6.07, 6.45) is 0.941. The van der Waals surface area contributed by atoms with Crippen molar-refractivity contribution in [1.29, 1.82) is 0 Å². The SMILES string of the molecule is O=C(CSc1ccccc1Cl)N1CCN(C(=O)[C@@H]2C[C@H]2c2ccccc2)CC1. The highest BCUT2D eigenvalue weighted by atomic mass is 35.5. The van der Waals surface area contributed by atoms with Crippen molar-refractivity contribution in [3.63, 3.8) is 0 Å². The lowest BCUT2D eigenvalue weighted by atomic mass is 10.1. The average Bonchev–Trinajstić information content (AvgIpc) is 3.54. The third-order valence-corrected chi connectivity index (χ3v) is 6.97. The molecule has 1 heterocycles. The zero-order valence-corrected chi connectivity index (χ0v) is 17.2. The smallest absolute Gasteiger partial charge is 0.233 e. The number of hydrogen-bond acceptors (Lipinski definition) is 3. The minimum Gasteiger partial charge on any atom is -0.339 e. The van der Waals surface area contributed by atoms with Crippen LogP contribution >= 0.6 is 23.4 Å². The van der Waals surface area contributed by atoms with Crippen LogP contribution in [0.3, 0.4) is 0 Å². The second kappa shape index (κ2) is 8.58. The molecule has 0 radical (unpaired) electrons. The first-order valence-electron chi connectivity index (χ1n) is 9.62. The Morgan fingerprint density at radius 1 is 0.929 bits per heavy atom. The van der Waals surface area contributed by atoms with Crippen LogP contribution in [0.15, 0.2) is 59.5 Å². The number of thioether (sulfide) groups is 1. The molecule has 28 heavy (non-hydrogen) atoms. The number of halogens is 1. The number of piperazine rings is 1. The van der Waals surface area contributed by atoms with Crippen molar-refractivity contribution in [3.8, 4) is 0 Å². The number of carbonyl (C=O) groups excluding carboxylic acids is 2. The van der Waals surface area contributed by atoms with Gasteiger partial charge in [0.25, 0.3) is 0 Å². The minimum atomic E-state index is 0.102. The number of amides is 2. The van der Waals surface area contributed by atoms with Gasteiger partial charge in [0.15, 0.2) is 0 Å². The molecule has 2 fully saturated rings. The molecule has 1 aliphatic heterocycles. The van der Waals surface area contributed by atoms with Crippen LogP contribution in [0.4, 0.5) is 0 Å². The quantitative estimate of drug-likeness (QED) is 0.696. The van der Waals surface area contributed by atoms with Crippen LogP contribution in [0, 0.1) is 5.92 Å². The summed E-state index contributed by atoms with van der Waals surface area (Å²) < 4.78 is 0. The van der Waals surface area contributed by atoms with E-state index in [0.29, 0.717) is 42.9 Å². The maximum Gasteiger partial charge on any atom is 0.233 e. The van der Waals surface area contributed by atoms with E-state index < -0.39 is 0 Å². The van der Waals surface area contributed by atoms with Gasteiger partial charge in [0.2, 0.25) is 11.8 Å². The first-order valence-corrected chi connectivity index (χ1v) is 11.0. The zero-order valence-electron chi connectivity index (χ0n) is 15.6. The summed E-state index contributed by atoms with van der Waals surface area (Å²) in [4.78, 5) is 30.0. The fraction of sp³-hybridized carbons (Fsp3) is 0.364. The van der Waals surface area contributed by atoms with Gasteiger partial charge in [-0.15, -0.1) is 11.8 Å². The molecule has 146 valence electrons. The topological polar surface area (TPSA) is 40.6 Å². The standard InChI is InChI=1S/C22H23ClN2O2S/c23-19-8-4-5-9-20(19)28-15-21(26)24-10-12-25(13-11-24)22(27)18-14-17(18)16-6-2-1-3-7-16/h1-9,17-18H,10-15H2/t17-,18+/m0/s1. The Morgan fingerprint density at radius 2 is 1.57 bits per heavy atom. The molecular weight excluding hydrogens is 392 g/mol. The van der Waals surface area contributed by atoms with E-state index in [-0.39, 0.29) is 17.7 Å². The van der Waals surface area contributed by atoms with Crippen LogP contribution < -0.4 is 0 Å². The molecule has 4 nitrogen and oxygen atoms in total. The van der Waals surface area contributed by atoms with Gasteiger partial charge in [0, 0.05) is 37.0 Å². The summed E-state index contributed by atoms with van der Waals surface area (Å²) in [5.41, 5.74) is 1.26. The van der Waals surface area contributed by atoms with Crippen molar-refractivity contribution in [3.05, 3.63) is 65.2 Å². The van der Waals surface area contributed by atoms with Crippen LogP contribution in [0.2, 0.25) is 5.02 Å². The number of benzene rings is 2.